The van der Waals surface area contributed by atoms with E-state index in [1.165, 1.54) is 17.5 Å². The van der Waals surface area contributed by atoms with Gasteiger partial charge in [0.05, 0.1) is 6.04 Å². The Hall–Kier alpha value is -1.60. The van der Waals surface area contributed by atoms with Crippen molar-refractivity contribution in [2.24, 2.45) is 0 Å². The van der Waals surface area contributed by atoms with Crippen LogP contribution in [0.25, 0.3) is 0 Å². The highest BCUT2D eigenvalue weighted by Gasteiger charge is 2.26. The molecule has 0 amide bonds. The van der Waals surface area contributed by atoms with Crippen LogP contribution in [0.15, 0.2) is 60.7 Å². The van der Waals surface area contributed by atoms with Crippen molar-refractivity contribution in [3.05, 3.63) is 78.2 Å². The second-order valence-corrected chi connectivity index (χ2v) is 4.50. The first-order chi connectivity index (χ1) is 8.43. The van der Waals surface area contributed by atoms with Crippen molar-refractivity contribution in [3.63, 3.8) is 0 Å². The zero-order valence-electron chi connectivity index (χ0n) is 9.71. The molecule has 1 radical (unpaired) electrons. The molecular weight excluding hydrogens is 206 g/mol. The van der Waals surface area contributed by atoms with Crippen molar-refractivity contribution in [3.8, 4) is 0 Å². The largest absolute Gasteiger partial charge is 0.303 e. The summed E-state index contributed by atoms with van der Waals surface area (Å²) in [4.78, 5) is 0. The lowest BCUT2D eigenvalue weighted by Crippen LogP contribution is -2.24. The summed E-state index contributed by atoms with van der Waals surface area (Å²) in [6.07, 6.45) is 3.50. The van der Waals surface area contributed by atoms with Gasteiger partial charge in [-0.05, 0) is 24.0 Å². The fraction of sp³-hybridized carbons (Fsp3) is 0.188. The fourth-order valence-corrected chi connectivity index (χ4v) is 2.09. The topological polar surface area (TPSA) is 12.0 Å². The molecule has 1 aliphatic rings. The molecule has 1 nitrogen and oxygen atoms in total. The van der Waals surface area contributed by atoms with Crippen LogP contribution in [-0.4, -0.2) is 6.04 Å². The molecule has 0 aromatic heterocycles. The van der Waals surface area contributed by atoms with Gasteiger partial charge < -0.3 is 5.32 Å². The van der Waals surface area contributed by atoms with Gasteiger partial charge in [-0.15, -0.1) is 0 Å². The van der Waals surface area contributed by atoms with Crippen molar-refractivity contribution in [2.45, 2.75) is 18.5 Å². The van der Waals surface area contributed by atoms with E-state index < -0.39 is 0 Å². The summed E-state index contributed by atoms with van der Waals surface area (Å²) >= 11 is 0. The molecule has 0 aliphatic heterocycles. The predicted molar refractivity (Wildman–Crippen MR) is 70.6 cm³/mol. The van der Waals surface area contributed by atoms with Crippen LogP contribution in [-0.2, 0) is 0 Å². The van der Waals surface area contributed by atoms with Gasteiger partial charge in [0.25, 0.3) is 0 Å². The molecule has 1 aliphatic carbocycles. The molecule has 0 heterocycles. The molecule has 1 heteroatoms. The van der Waals surface area contributed by atoms with E-state index in [0.29, 0.717) is 12.1 Å². The zero-order chi connectivity index (χ0) is 11.5. The quantitative estimate of drug-likeness (QED) is 0.836. The van der Waals surface area contributed by atoms with Gasteiger partial charge in [-0.2, -0.15) is 0 Å². The number of hydrogen-bond donors (Lipinski definition) is 1. The first-order valence-corrected chi connectivity index (χ1v) is 6.13. The van der Waals surface area contributed by atoms with Crippen molar-refractivity contribution in [1.82, 2.24) is 5.32 Å². The minimum atomic E-state index is 0.307. The average Bonchev–Trinajstić information content (AvgIpc) is 3.22. The summed E-state index contributed by atoms with van der Waals surface area (Å²) in [6.45, 7) is 0. The molecule has 2 aromatic carbocycles. The van der Waals surface area contributed by atoms with E-state index in [2.05, 4.69) is 72.4 Å². The van der Waals surface area contributed by atoms with E-state index >= 15 is 0 Å². The Balaban J connectivity index is 1.91. The van der Waals surface area contributed by atoms with Gasteiger partial charge in [-0.1, -0.05) is 60.7 Å². The number of nitrogens with one attached hydrogen (secondary N) is 1. The molecule has 1 atom stereocenters. The van der Waals surface area contributed by atoms with Crippen LogP contribution >= 0.6 is 0 Å². The lowest BCUT2D eigenvalue weighted by molar-refractivity contribution is 0.611. The maximum Gasteiger partial charge on any atom is 0.0578 e. The standard InChI is InChI=1S/C16H16N/c1-3-7-13(8-4-1)16(17-15-11-12-15)14-9-5-2-6-10-14/h1-11,15-17H,12H2. The molecule has 17 heavy (non-hydrogen) atoms. The van der Waals surface area contributed by atoms with Gasteiger partial charge >= 0.3 is 0 Å². The van der Waals surface area contributed by atoms with Crippen LogP contribution in [0.4, 0.5) is 0 Å². The van der Waals surface area contributed by atoms with Crippen molar-refractivity contribution >= 4 is 0 Å². The normalized spacial score (nSPS) is 15.1. The van der Waals surface area contributed by atoms with E-state index in [-0.39, 0.29) is 0 Å². The third-order valence-corrected chi connectivity index (χ3v) is 3.12. The molecule has 2 aromatic rings. The molecule has 1 fully saturated rings. The molecule has 1 N–H and O–H groups in total. The minimum absolute atomic E-state index is 0.307. The highest BCUT2D eigenvalue weighted by atomic mass is 15.0. The zero-order valence-corrected chi connectivity index (χ0v) is 9.71. The van der Waals surface area contributed by atoms with Crippen molar-refractivity contribution in [1.29, 1.82) is 0 Å². The molecule has 1 unspecified atom stereocenters. The first-order valence-electron chi connectivity index (χ1n) is 6.13. The van der Waals surface area contributed by atoms with Crippen molar-refractivity contribution in [2.75, 3.05) is 0 Å². The van der Waals surface area contributed by atoms with Crippen LogP contribution in [0.3, 0.4) is 0 Å². The van der Waals surface area contributed by atoms with Gasteiger partial charge in [0.2, 0.25) is 0 Å². The second kappa shape index (κ2) is 4.72. The summed E-state index contributed by atoms with van der Waals surface area (Å²) in [5, 5.41) is 3.67. The summed E-state index contributed by atoms with van der Waals surface area (Å²) in [5.74, 6) is 0. The molecule has 1 saturated carbocycles. The van der Waals surface area contributed by atoms with Gasteiger partial charge in [-0.25, -0.2) is 0 Å². The van der Waals surface area contributed by atoms with Crippen LogP contribution in [0.5, 0.6) is 0 Å². The first kappa shape index (κ1) is 10.5. The van der Waals surface area contributed by atoms with E-state index in [1.807, 2.05) is 0 Å². The number of hydrogen-bond acceptors (Lipinski definition) is 1. The highest BCUT2D eigenvalue weighted by Crippen LogP contribution is 2.27. The lowest BCUT2D eigenvalue weighted by Gasteiger charge is -2.19. The van der Waals surface area contributed by atoms with Gasteiger partial charge in [0.1, 0.15) is 0 Å². The van der Waals surface area contributed by atoms with Gasteiger partial charge in [-0.3, -0.25) is 0 Å². The molecule has 0 spiro atoms. The fourth-order valence-electron chi connectivity index (χ4n) is 2.09. The molecule has 85 valence electrons. The van der Waals surface area contributed by atoms with E-state index in [4.69, 9.17) is 0 Å². The van der Waals surface area contributed by atoms with Crippen LogP contribution in [0.1, 0.15) is 23.6 Å². The molecule has 3 rings (SSSR count). The Morgan fingerprint density at radius 2 is 1.29 bits per heavy atom. The number of benzene rings is 2. The Morgan fingerprint density at radius 1 is 0.824 bits per heavy atom. The third kappa shape index (κ3) is 2.56. The van der Waals surface area contributed by atoms with E-state index in [1.54, 1.807) is 0 Å². The van der Waals surface area contributed by atoms with Crippen LogP contribution < -0.4 is 5.32 Å². The highest BCUT2D eigenvalue weighted by molar-refractivity contribution is 5.32. The Labute approximate surface area is 102 Å². The average molecular weight is 222 g/mol. The molecular formula is C16H16N. The predicted octanol–water partition coefficient (Wildman–Crippen LogP) is 3.34. The lowest BCUT2D eigenvalue weighted by atomic mass is 9.99. The monoisotopic (exact) mass is 222 g/mol. The van der Waals surface area contributed by atoms with E-state index in [9.17, 15) is 0 Å². The van der Waals surface area contributed by atoms with Gasteiger partial charge in [0, 0.05) is 6.04 Å². The Morgan fingerprint density at radius 3 is 1.71 bits per heavy atom. The van der Waals surface area contributed by atoms with Crippen molar-refractivity contribution < 1.29 is 0 Å². The summed E-state index contributed by atoms with van der Waals surface area (Å²) in [5.41, 5.74) is 2.66. The number of rotatable bonds is 4. The third-order valence-electron chi connectivity index (χ3n) is 3.12. The smallest absolute Gasteiger partial charge is 0.0578 e. The summed E-state index contributed by atoms with van der Waals surface area (Å²) in [6, 6.07) is 22.2. The van der Waals surface area contributed by atoms with Gasteiger partial charge in [0.15, 0.2) is 0 Å². The van der Waals surface area contributed by atoms with E-state index in [0.717, 1.165) is 0 Å². The minimum Gasteiger partial charge on any atom is -0.303 e. The van der Waals surface area contributed by atoms with Crippen LogP contribution in [0.2, 0.25) is 0 Å². The Kier molecular flexibility index (Phi) is 2.93. The molecule has 0 bridgehead atoms. The second-order valence-electron chi connectivity index (χ2n) is 4.50. The molecule has 0 saturated heterocycles. The SMILES string of the molecule is [CH]1CC1NC(c1ccccc1)c1ccccc1. The Bertz CT molecular complexity index is 420. The summed E-state index contributed by atoms with van der Waals surface area (Å²) in [7, 11) is 0. The van der Waals surface area contributed by atoms with Crippen LogP contribution in [0, 0.1) is 6.42 Å². The maximum atomic E-state index is 3.67. The summed E-state index contributed by atoms with van der Waals surface area (Å²) < 4.78 is 0. The maximum absolute atomic E-state index is 3.67.